The number of carbonyl (C=O) groups is 1. The van der Waals surface area contributed by atoms with E-state index in [0.717, 1.165) is 33.3 Å². The molecule has 0 atom stereocenters. The van der Waals surface area contributed by atoms with Crippen molar-refractivity contribution in [1.29, 1.82) is 0 Å². The van der Waals surface area contributed by atoms with Gasteiger partial charge in [0, 0.05) is 40.3 Å². The molecule has 1 aromatic heterocycles. The lowest BCUT2D eigenvalue weighted by Crippen LogP contribution is -2.79. The number of nitrogens with two attached hydrogens (primary N) is 1. The zero-order valence-corrected chi connectivity index (χ0v) is 16.4. The van der Waals surface area contributed by atoms with E-state index in [2.05, 4.69) is 4.99 Å². The second-order valence-electron chi connectivity index (χ2n) is 6.88. The van der Waals surface area contributed by atoms with Gasteiger partial charge in [-0.1, -0.05) is 29.8 Å². The van der Waals surface area contributed by atoms with Gasteiger partial charge in [-0.2, -0.15) is 4.99 Å². The molecule has 6 nitrogen and oxygen atoms in total. The van der Waals surface area contributed by atoms with Crippen LogP contribution >= 0.6 is 11.6 Å². The van der Waals surface area contributed by atoms with Gasteiger partial charge in [0.05, 0.1) is 13.2 Å². The predicted molar refractivity (Wildman–Crippen MR) is 111 cm³/mol. The zero-order chi connectivity index (χ0) is 19.7. The number of aliphatic imine (C=N–C) groups is 1. The average Bonchev–Trinajstić information content (AvgIpc) is 3.23. The molecule has 7 heteroatoms. The van der Waals surface area contributed by atoms with Crippen molar-refractivity contribution in [3.8, 4) is 0 Å². The number of hydrogen-bond acceptors (Lipinski definition) is 3. The molecule has 1 amide bonds. The minimum atomic E-state index is -0.0891. The standard InChI is InChI=1S/C21H21ClN4O2/c1-14-23-11-16(24-14)12-25(8-9-27)21(28)13-26-19-5-3-2-4-17(19)18-10-15(22)6-7-20(18)26/h2-7,10-11,27H,8-9,12-13H2,1H3,(H,23,24)/p+1. The minimum Gasteiger partial charge on any atom is -0.395 e. The van der Waals surface area contributed by atoms with Crippen LogP contribution in [0.2, 0.25) is 5.02 Å². The Hall–Kier alpha value is -2.67. The van der Waals surface area contributed by atoms with Crippen molar-refractivity contribution in [3.63, 3.8) is 0 Å². The number of halogens is 1. The van der Waals surface area contributed by atoms with Gasteiger partial charge in [-0.3, -0.25) is 10.1 Å². The number of aromatic nitrogens is 1. The number of aliphatic hydroxyl groups excluding tert-OH is 1. The van der Waals surface area contributed by atoms with Crippen LogP contribution in [-0.2, 0) is 11.3 Å². The first kappa shape index (κ1) is 18.7. The summed E-state index contributed by atoms with van der Waals surface area (Å²) >= 11 is 6.20. The van der Waals surface area contributed by atoms with Crippen LogP contribution in [0.3, 0.4) is 0 Å². The number of amides is 1. The number of nitrogens with zero attached hydrogens (tertiary/aromatic N) is 3. The number of rotatable bonds is 6. The fourth-order valence-corrected chi connectivity index (χ4v) is 3.82. The molecule has 0 unspecified atom stereocenters. The van der Waals surface area contributed by atoms with Crippen LogP contribution in [0.1, 0.15) is 6.92 Å². The van der Waals surface area contributed by atoms with Gasteiger partial charge < -0.3 is 14.6 Å². The summed E-state index contributed by atoms with van der Waals surface area (Å²) in [6.07, 6.45) is 1.91. The van der Waals surface area contributed by atoms with E-state index >= 15 is 0 Å². The number of hydrogen-bond donors (Lipinski definition) is 2. The topological polar surface area (TPSA) is 74.4 Å². The van der Waals surface area contributed by atoms with Crippen molar-refractivity contribution >= 4 is 45.1 Å². The highest BCUT2D eigenvalue weighted by Gasteiger charge is 2.20. The largest absolute Gasteiger partial charge is 0.395 e. The van der Waals surface area contributed by atoms with Crippen molar-refractivity contribution in [1.82, 2.24) is 9.47 Å². The molecular weight excluding hydrogens is 376 g/mol. The number of quaternary nitrogens is 1. The van der Waals surface area contributed by atoms with Gasteiger partial charge in [0.2, 0.25) is 11.7 Å². The first-order valence-corrected chi connectivity index (χ1v) is 9.59. The highest BCUT2D eigenvalue weighted by molar-refractivity contribution is 6.31. The van der Waals surface area contributed by atoms with Crippen molar-refractivity contribution in [2.75, 3.05) is 19.7 Å². The first-order valence-electron chi connectivity index (χ1n) is 9.21. The van der Waals surface area contributed by atoms with Crippen LogP contribution in [-0.4, -0.2) is 46.0 Å². The van der Waals surface area contributed by atoms with Crippen LogP contribution in [0, 0.1) is 0 Å². The van der Waals surface area contributed by atoms with Gasteiger partial charge in [0.25, 0.3) is 0 Å². The van der Waals surface area contributed by atoms with Gasteiger partial charge in [-0.25, -0.2) is 0 Å². The van der Waals surface area contributed by atoms with Gasteiger partial charge in [0.15, 0.2) is 0 Å². The fourth-order valence-electron chi connectivity index (χ4n) is 3.65. The summed E-state index contributed by atoms with van der Waals surface area (Å²) in [5, 5.41) is 14.1. The molecule has 28 heavy (non-hydrogen) atoms. The molecule has 3 aromatic rings. The Morgan fingerprint density at radius 3 is 2.75 bits per heavy atom. The summed E-state index contributed by atoms with van der Waals surface area (Å²) in [6.45, 7) is 2.67. The lowest BCUT2D eigenvalue weighted by atomic mass is 10.2. The smallest absolute Gasteiger partial charge is 0.242 e. The highest BCUT2D eigenvalue weighted by Crippen LogP contribution is 2.31. The molecule has 0 aliphatic carbocycles. The number of aliphatic hydroxyl groups is 1. The molecule has 0 bridgehead atoms. The molecule has 0 spiro atoms. The molecule has 144 valence electrons. The molecule has 0 saturated carbocycles. The molecule has 2 aromatic carbocycles. The molecule has 1 aliphatic rings. The molecule has 4 rings (SSSR count). The van der Waals surface area contributed by atoms with Crippen LogP contribution in [0.4, 0.5) is 0 Å². The Labute approximate surface area is 167 Å². The van der Waals surface area contributed by atoms with Crippen molar-refractivity contribution in [3.05, 3.63) is 59.4 Å². The van der Waals surface area contributed by atoms with E-state index < -0.39 is 0 Å². The van der Waals surface area contributed by atoms with E-state index in [1.54, 1.807) is 4.90 Å². The third-order valence-electron chi connectivity index (χ3n) is 4.94. The average molecular weight is 398 g/mol. The maximum absolute atomic E-state index is 13.1. The van der Waals surface area contributed by atoms with Gasteiger partial charge in [-0.05, 0) is 24.3 Å². The summed E-state index contributed by atoms with van der Waals surface area (Å²) in [7, 11) is 0. The monoisotopic (exact) mass is 397 g/mol. The van der Waals surface area contributed by atoms with Crippen LogP contribution in [0.15, 0.2) is 59.4 Å². The van der Waals surface area contributed by atoms with E-state index in [4.69, 9.17) is 11.6 Å². The SMILES string of the molecule is CC1=NC(CN(CCO)C(=O)Cn2c3ccccc3c3cc(Cl)ccc32)=C[NH2+]1. The Kier molecular flexibility index (Phi) is 5.17. The zero-order valence-electron chi connectivity index (χ0n) is 15.6. The van der Waals surface area contributed by atoms with Crippen LogP contribution in [0.25, 0.3) is 21.8 Å². The van der Waals surface area contributed by atoms with E-state index in [1.807, 2.05) is 65.5 Å². The van der Waals surface area contributed by atoms with Gasteiger partial charge >= 0.3 is 0 Å². The molecule has 1 aliphatic heterocycles. The molecule has 0 radical (unpaired) electrons. The quantitative estimate of drug-likeness (QED) is 0.668. The summed E-state index contributed by atoms with van der Waals surface area (Å²) in [5.41, 5.74) is 2.78. The van der Waals surface area contributed by atoms with Crippen molar-refractivity contribution in [2.45, 2.75) is 13.5 Å². The van der Waals surface area contributed by atoms with Gasteiger partial charge in [-0.15, -0.1) is 0 Å². The number of carbonyl (C=O) groups excluding carboxylic acids is 1. The number of benzene rings is 2. The second-order valence-corrected chi connectivity index (χ2v) is 7.32. The number of amidine groups is 1. The second kappa shape index (κ2) is 7.75. The highest BCUT2D eigenvalue weighted by atomic mass is 35.5. The first-order chi connectivity index (χ1) is 13.6. The van der Waals surface area contributed by atoms with Crippen LogP contribution < -0.4 is 5.32 Å². The Morgan fingerprint density at radius 2 is 2.00 bits per heavy atom. The maximum Gasteiger partial charge on any atom is 0.242 e. The Bertz CT molecular complexity index is 1120. The van der Waals surface area contributed by atoms with Gasteiger partial charge in [0.1, 0.15) is 18.4 Å². The van der Waals surface area contributed by atoms with Crippen molar-refractivity contribution in [2.24, 2.45) is 4.99 Å². The third-order valence-corrected chi connectivity index (χ3v) is 5.18. The molecular formula is C21H22ClN4O2+. The third kappa shape index (κ3) is 3.54. The maximum atomic E-state index is 13.1. The molecule has 0 fully saturated rings. The van der Waals surface area contributed by atoms with E-state index in [0.29, 0.717) is 11.6 Å². The molecule has 0 saturated heterocycles. The number of para-hydroxylation sites is 1. The van der Waals surface area contributed by atoms with Crippen molar-refractivity contribution < 1.29 is 15.2 Å². The fraction of sp³-hybridized carbons (Fsp3) is 0.238. The lowest BCUT2D eigenvalue weighted by Gasteiger charge is -2.21. The minimum absolute atomic E-state index is 0.0627. The van der Waals surface area contributed by atoms with Crippen LogP contribution in [0.5, 0.6) is 0 Å². The van der Waals surface area contributed by atoms with E-state index in [-0.39, 0.29) is 25.6 Å². The molecule has 2 heterocycles. The summed E-state index contributed by atoms with van der Waals surface area (Å²) in [4.78, 5) is 19.2. The Balaban J connectivity index is 1.68. The van der Waals surface area contributed by atoms with E-state index in [1.165, 1.54) is 0 Å². The molecule has 3 N–H and O–H groups in total. The summed E-state index contributed by atoms with van der Waals surface area (Å²) in [5.74, 6) is 0.859. The lowest BCUT2D eigenvalue weighted by molar-refractivity contribution is -0.459. The Morgan fingerprint density at radius 1 is 1.21 bits per heavy atom. The summed E-state index contributed by atoms with van der Waals surface area (Å²) in [6, 6.07) is 13.7. The van der Waals surface area contributed by atoms with E-state index in [9.17, 15) is 9.90 Å². The predicted octanol–water partition coefficient (Wildman–Crippen LogP) is 2.11. The summed E-state index contributed by atoms with van der Waals surface area (Å²) < 4.78 is 2.01. The normalized spacial score (nSPS) is 13.8. The number of fused-ring (bicyclic) bond motifs is 3.